The lowest BCUT2D eigenvalue weighted by molar-refractivity contribution is -0.126. The zero-order chi connectivity index (χ0) is 18.7. The molecule has 3 fully saturated rings. The molecule has 2 aliphatic carbocycles. The Kier molecular flexibility index (Phi) is 3.79. The van der Waals surface area contributed by atoms with E-state index in [1.165, 1.54) is 0 Å². The molecular formula is C20H25FN2O3. The number of fused-ring (bicyclic) bond motifs is 1. The highest BCUT2D eigenvalue weighted by molar-refractivity contribution is 5.87. The molecule has 1 heterocycles. The van der Waals surface area contributed by atoms with Gasteiger partial charge in [-0.3, -0.25) is 9.69 Å². The molecule has 0 spiro atoms. The molecular weight excluding hydrogens is 335 g/mol. The van der Waals surface area contributed by atoms with Crippen LogP contribution in [-0.4, -0.2) is 40.6 Å². The second-order valence-corrected chi connectivity index (χ2v) is 8.70. The Balaban J connectivity index is 1.41. The van der Waals surface area contributed by atoms with Gasteiger partial charge in [0.15, 0.2) is 5.67 Å². The minimum absolute atomic E-state index is 0.0871. The summed E-state index contributed by atoms with van der Waals surface area (Å²) >= 11 is 0. The molecule has 1 N–H and O–H groups in total. The molecule has 2 amide bonds. The number of ether oxygens (including phenoxy) is 1. The highest BCUT2D eigenvalue weighted by Crippen LogP contribution is 2.51. The van der Waals surface area contributed by atoms with Gasteiger partial charge in [0, 0.05) is 12.5 Å². The lowest BCUT2D eigenvalue weighted by Crippen LogP contribution is -2.50. The number of hydrogen-bond acceptors (Lipinski definition) is 3. The van der Waals surface area contributed by atoms with E-state index in [-0.39, 0.29) is 18.4 Å². The van der Waals surface area contributed by atoms with Gasteiger partial charge in [-0.1, -0.05) is 30.3 Å². The number of carbonyl (C=O) groups is 2. The fourth-order valence-corrected chi connectivity index (χ4v) is 3.97. The molecule has 2 saturated carbocycles. The van der Waals surface area contributed by atoms with Crippen LogP contribution in [0.2, 0.25) is 0 Å². The van der Waals surface area contributed by atoms with Crippen LogP contribution in [0.1, 0.15) is 45.6 Å². The SMILES string of the molecule is CC(C)(C)OC(=O)N1[C@@H]2C[C@@H]2C[C@H]1C(=O)NC1CC1(F)c1ccccc1. The van der Waals surface area contributed by atoms with E-state index in [1.54, 1.807) is 29.2 Å². The Bertz CT molecular complexity index is 732. The molecule has 140 valence electrons. The van der Waals surface area contributed by atoms with Gasteiger partial charge in [-0.25, -0.2) is 9.18 Å². The number of rotatable bonds is 3. The molecule has 2 unspecified atom stereocenters. The first-order chi connectivity index (χ1) is 12.2. The van der Waals surface area contributed by atoms with E-state index in [2.05, 4.69) is 5.32 Å². The first-order valence-corrected chi connectivity index (χ1v) is 9.25. The van der Waals surface area contributed by atoms with Crippen LogP contribution in [-0.2, 0) is 15.2 Å². The second kappa shape index (κ2) is 5.69. The molecule has 0 radical (unpaired) electrons. The lowest BCUT2D eigenvalue weighted by Gasteiger charge is -2.30. The number of nitrogens with one attached hydrogen (secondary N) is 1. The number of alkyl halides is 1. The lowest BCUT2D eigenvalue weighted by atomic mass is 10.1. The third kappa shape index (κ3) is 3.06. The largest absolute Gasteiger partial charge is 0.444 e. The number of nitrogens with zero attached hydrogens (tertiary/aromatic N) is 1. The van der Waals surface area contributed by atoms with E-state index in [4.69, 9.17) is 4.74 Å². The predicted molar refractivity (Wildman–Crippen MR) is 94.1 cm³/mol. The number of amides is 2. The molecule has 4 rings (SSSR count). The van der Waals surface area contributed by atoms with Crippen LogP contribution in [0.5, 0.6) is 0 Å². The standard InChI is InChI=1S/C20H25FN2O3/c1-19(2,3)26-18(25)23-14-9-12(14)10-15(23)17(24)22-16-11-20(16,21)13-7-5-4-6-8-13/h4-8,12,14-16H,9-11H2,1-3H3,(H,22,24)/t12-,14-,15+,16?,20?/m1/s1. The Morgan fingerprint density at radius 2 is 1.92 bits per heavy atom. The van der Waals surface area contributed by atoms with Crippen LogP contribution in [0, 0.1) is 5.92 Å². The molecule has 5 nitrogen and oxygen atoms in total. The van der Waals surface area contributed by atoms with E-state index in [0.29, 0.717) is 17.9 Å². The van der Waals surface area contributed by atoms with E-state index >= 15 is 0 Å². The van der Waals surface area contributed by atoms with Gasteiger partial charge >= 0.3 is 6.09 Å². The molecule has 3 aliphatic rings. The summed E-state index contributed by atoms with van der Waals surface area (Å²) in [4.78, 5) is 26.8. The maximum absolute atomic E-state index is 15.0. The summed E-state index contributed by atoms with van der Waals surface area (Å²) in [5.74, 6) is 0.0882. The van der Waals surface area contributed by atoms with E-state index < -0.39 is 29.4 Å². The normalized spacial score (nSPS) is 34.8. The van der Waals surface area contributed by atoms with Crippen LogP contribution in [0.15, 0.2) is 30.3 Å². The van der Waals surface area contributed by atoms with Crippen LogP contribution in [0.3, 0.4) is 0 Å². The van der Waals surface area contributed by atoms with Crippen LogP contribution < -0.4 is 5.32 Å². The highest BCUT2D eigenvalue weighted by atomic mass is 19.1. The molecule has 1 aromatic carbocycles. The van der Waals surface area contributed by atoms with Crippen molar-refractivity contribution in [3.8, 4) is 0 Å². The van der Waals surface area contributed by atoms with Gasteiger partial charge in [0.1, 0.15) is 11.6 Å². The molecule has 1 saturated heterocycles. The number of likely N-dealkylation sites (tertiary alicyclic amines) is 1. The van der Waals surface area contributed by atoms with Crippen molar-refractivity contribution in [1.29, 1.82) is 0 Å². The van der Waals surface area contributed by atoms with Crippen LogP contribution in [0.25, 0.3) is 0 Å². The van der Waals surface area contributed by atoms with Gasteiger partial charge in [-0.2, -0.15) is 0 Å². The Hall–Kier alpha value is -2.11. The third-order valence-corrected chi connectivity index (χ3v) is 5.47. The first kappa shape index (κ1) is 17.3. The minimum atomic E-state index is -1.50. The van der Waals surface area contributed by atoms with Gasteiger partial charge in [-0.15, -0.1) is 0 Å². The maximum Gasteiger partial charge on any atom is 0.411 e. The summed E-state index contributed by atoms with van der Waals surface area (Å²) in [6.45, 7) is 5.42. The second-order valence-electron chi connectivity index (χ2n) is 8.70. The summed E-state index contributed by atoms with van der Waals surface area (Å²) in [6, 6.07) is 7.90. The molecule has 1 aliphatic heterocycles. The van der Waals surface area contributed by atoms with Crippen molar-refractivity contribution in [2.24, 2.45) is 5.92 Å². The predicted octanol–water partition coefficient (Wildman–Crippen LogP) is 3.14. The monoisotopic (exact) mass is 360 g/mol. The quantitative estimate of drug-likeness (QED) is 0.901. The maximum atomic E-state index is 15.0. The Labute approximate surface area is 152 Å². The number of carbonyl (C=O) groups excluding carboxylic acids is 2. The van der Waals surface area contributed by atoms with Crippen molar-refractivity contribution in [2.45, 2.75) is 69.4 Å². The minimum Gasteiger partial charge on any atom is -0.444 e. The zero-order valence-electron chi connectivity index (χ0n) is 15.4. The molecule has 0 aromatic heterocycles. The summed E-state index contributed by atoms with van der Waals surface area (Å²) < 4.78 is 20.5. The summed E-state index contributed by atoms with van der Waals surface area (Å²) in [6.07, 6.45) is 1.37. The Morgan fingerprint density at radius 3 is 2.58 bits per heavy atom. The third-order valence-electron chi connectivity index (χ3n) is 5.47. The fraction of sp³-hybridized carbons (Fsp3) is 0.600. The zero-order valence-corrected chi connectivity index (χ0v) is 15.4. The number of hydrogen-bond donors (Lipinski definition) is 1. The van der Waals surface area contributed by atoms with Gasteiger partial charge in [0.25, 0.3) is 0 Å². The van der Waals surface area contributed by atoms with Gasteiger partial charge in [-0.05, 0) is 45.1 Å². The summed E-state index contributed by atoms with van der Waals surface area (Å²) in [5, 5.41) is 2.81. The number of benzene rings is 1. The Morgan fingerprint density at radius 1 is 1.23 bits per heavy atom. The van der Waals surface area contributed by atoms with Crippen molar-refractivity contribution >= 4 is 12.0 Å². The van der Waals surface area contributed by atoms with Crippen molar-refractivity contribution in [2.75, 3.05) is 0 Å². The van der Waals surface area contributed by atoms with Crippen molar-refractivity contribution < 1.29 is 18.7 Å². The van der Waals surface area contributed by atoms with Crippen LogP contribution in [0.4, 0.5) is 9.18 Å². The average molecular weight is 360 g/mol. The van der Waals surface area contributed by atoms with Gasteiger partial charge in [0.05, 0.1) is 6.04 Å². The smallest absolute Gasteiger partial charge is 0.411 e. The van der Waals surface area contributed by atoms with Crippen molar-refractivity contribution in [3.63, 3.8) is 0 Å². The fourth-order valence-electron chi connectivity index (χ4n) is 3.97. The number of piperidine rings is 1. The molecule has 5 atom stereocenters. The van der Waals surface area contributed by atoms with Gasteiger partial charge in [0.2, 0.25) is 5.91 Å². The van der Waals surface area contributed by atoms with E-state index in [9.17, 15) is 14.0 Å². The summed E-state index contributed by atoms with van der Waals surface area (Å²) in [5.41, 5.74) is -1.53. The first-order valence-electron chi connectivity index (χ1n) is 9.25. The van der Waals surface area contributed by atoms with Crippen molar-refractivity contribution in [1.82, 2.24) is 10.2 Å². The van der Waals surface area contributed by atoms with Crippen molar-refractivity contribution in [3.05, 3.63) is 35.9 Å². The average Bonchev–Trinajstić information content (AvgIpc) is 3.43. The van der Waals surface area contributed by atoms with E-state index in [1.807, 2.05) is 26.8 Å². The molecule has 1 aromatic rings. The summed E-state index contributed by atoms with van der Waals surface area (Å²) in [7, 11) is 0. The topological polar surface area (TPSA) is 58.6 Å². The molecule has 6 heteroatoms. The molecule has 0 bridgehead atoms. The van der Waals surface area contributed by atoms with Crippen LogP contribution >= 0.6 is 0 Å². The number of halogens is 1. The van der Waals surface area contributed by atoms with E-state index in [0.717, 1.165) is 6.42 Å². The highest BCUT2D eigenvalue weighted by Gasteiger charge is 2.61. The van der Waals surface area contributed by atoms with Gasteiger partial charge < -0.3 is 10.1 Å². The molecule has 26 heavy (non-hydrogen) atoms.